The Balaban J connectivity index is 2.24. The molecule has 0 N–H and O–H groups in total. The fourth-order valence-electron chi connectivity index (χ4n) is 3.24. The van der Waals surface area contributed by atoms with E-state index < -0.39 is 56.2 Å². The van der Waals surface area contributed by atoms with Crippen molar-refractivity contribution in [3.05, 3.63) is 77.0 Å². The molecular weight excluding hydrogens is 464 g/mol. The Morgan fingerprint density at radius 2 is 1.70 bits per heavy atom. The number of anilines is 1. The van der Waals surface area contributed by atoms with Gasteiger partial charge in [-0.05, 0) is 30.7 Å². The molecule has 0 saturated carbocycles. The van der Waals surface area contributed by atoms with E-state index in [0.717, 1.165) is 12.1 Å². The number of benzene rings is 2. The maximum absolute atomic E-state index is 15.0. The lowest BCUT2D eigenvalue weighted by atomic mass is 10.1. The van der Waals surface area contributed by atoms with Crippen LogP contribution in [0.4, 0.5) is 23.4 Å². The molecule has 0 bridgehead atoms. The van der Waals surface area contributed by atoms with E-state index in [0.29, 0.717) is 16.1 Å². The van der Waals surface area contributed by atoms with E-state index in [1.165, 1.54) is 45.4 Å². The van der Waals surface area contributed by atoms with Crippen molar-refractivity contribution in [2.75, 3.05) is 18.5 Å². The highest BCUT2D eigenvalue weighted by Gasteiger charge is 2.35. The van der Waals surface area contributed by atoms with Crippen LogP contribution in [0.15, 0.2) is 47.4 Å². The van der Waals surface area contributed by atoms with Crippen molar-refractivity contribution in [3.63, 3.8) is 0 Å². The van der Waals surface area contributed by atoms with Crippen molar-refractivity contribution in [2.45, 2.75) is 24.8 Å². The first-order valence-corrected chi connectivity index (χ1v) is 11.1. The molecule has 176 valence electrons. The fourth-order valence-corrected chi connectivity index (χ4v) is 4.78. The number of aromatic nitrogens is 1. The molecule has 1 aromatic heterocycles. The van der Waals surface area contributed by atoms with Gasteiger partial charge in [0.2, 0.25) is 5.95 Å². The van der Waals surface area contributed by atoms with Gasteiger partial charge in [-0.1, -0.05) is 13.0 Å². The summed E-state index contributed by atoms with van der Waals surface area (Å²) in [6.07, 6.45) is -0.217. The van der Waals surface area contributed by atoms with E-state index in [2.05, 4.69) is 4.98 Å². The van der Waals surface area contributed by atoms with E-state index in [1.54, 1.807) is 0 Å². The number of hydrogen-bond donors (Lipinski definition) is 0. The third-order valence-electron chi connectivity index (χ3n) is 4.89. The van der Waals surface area contributed by atoms with Crippen LogP contribution in [0, 0.1) is 23.4 Å². The molecule has 0 aliphatic carbocycles. The summed E-state index contributed by atoms with van der Waals surface area (Å²) in [7, 11) is -2.26. The fraction of sp³-hybridized carbons (Fsp3) is 0.227. The maximum Gasteiger partial charge on any atom is 0.271 e. The van der Waals surface area contributed by atoms with Crippen LogP contribution in [-0.2, 0) is 23.0 Å². The van der Waals surface area contributed by atoms with Crippen LogP contribution in [0.5, 0.6) is 11.5 Å². The Labute approximate surface area is 188 Å². The first kappa shape index (κ1) is 24.3. The van der Waals surface area contributed by atoms with Crippen molar-refractivity contribution in [2.24, 2.45) is 0 Å². The monoisotopic (exact) mass is 484 g/mol. The molecule has 0 radical (unpaired) electrons. The molecule has 0 aliphatic rings. The molecule has 3 aromatic rings. The van der Waals surface area contributed by atoms with Crippen LogP contribution in [0.2, 0.25) is 0 Å². The van der Waals surface area contributed by atoms with Gasteiger partial charge in [0.25, 0.3) is 10.0 Å². The van der Waals surface area contributed by atoms with Gasteiger partial charge in [-0.25, -0.2) is 30.9 Å². The molecule has 0 unspecified atom stereocenters. The second-order valence-electron chi connectivity index (χ2n) is 6.82. The van der Waals surface area contributed by atoms with Crippen molar-refractivity contribution < 1.29 is 35.5 Å². The van der Waals surface area contributed by atoms with E-state index >= 15 is 4.39 Å². The molecule has 0 spiro atoms. The van der Waals surface area contributed by atoms with Gasteiger partial charge in [0.05, 0.1) is 20.8 Å². The summed E-state index contributed by atoms with van der Waals surface area (Å²) in [4.78, 5) is 2.20. The molecule has 0 amide bonds. The second kappa shape index (κ2) is 9.65. The second-order valence-corrected chi connectivity index (χ2v) is 8.62. The van der Waals surface area contributed by atoms with Crippen LogP contribution in [-0.4, -0.2) is 27.6 Å². The summed E-state index contributed by atoms with van der Waals surface area (Å²) in [5.41, 5.74) is -0.323. The zero-order valence-corrected chi connectivity index (χ0v) is 18.7. The highest BCUT2D eigenvalue weighted by Crippen LogP contribution is 2.33. The predicted octanol–water partition coefficient (Wildman–Crippen LogP) is 4.61. The van der Waals surface area contributed by atoms with Gasteiger partial charge in [-0.2, -0.15) is 4.39 Å². The van der Waals surface area contributed by atoms with Crippen molar-refractivity contribution >= 4 is 15.8 Å². The lowest BCUT2D eigenvalue weighted by Crippen LogP contribution is -2.33. The van der Waals surface area contributed by atoms with Crippen LogP contribution >= 0.6 is 0 Å². The molecule has 11 heteroatoms. The van der Waals surface area contributed by atoms with Gasteiger partial charge in [0.1, 0.15) is 29.0 Å². The minimum absolute atomic E-state index is 0.209. The summed E-state index contributed by atoms with van der Waals surface area (Å²) in [5, 5.41) is 0. The summed E-state index contributed by atoms with van der Waals surface area (Å²) in [5.74, 6) is -5.21. The average molecular weight is 484 g/mol. The minimum atomic E-state index is -5.02. The Bertz CT molecular complexity index is 1290. The molecule has 3 rings (SSSR count). The van der Waals surface area contributed by atoms with E-state index in [4.69, 9.17) is 9.47 Å². The number of halogens is 4. The maximum atomic E-state index is 15.0. The Morgan fingerprint density at radius 1 is 0.970 bits per heavy atom. The molecule has 0 fully saturated rings. The zero-order chi connectivity index (χ0) is 24.3. The third-order valence-corrected chi connectivity index (χ3v) is 6.68. The molecule has 33 heavy (non-hydrogen) atoms. The van der Waals surface area contributed by atoms with Gasteiger partial charge in [-0.3, -0.25) is 0 Å². The molecular formula is C22H20F4N2O4S. The Hall–Kier alpha value is -3.34. The standard InChI is InChI=1S/C22H20F4N2O4S/c1-4-15-16(23)11-17(24)22(21(15)26)33(29,30)28(20-7-5-6-19(25)27-20)12-13-8-9-14(31-2)10-18(13)32-3/h5-11H,4,12H2,1-3H3. The summed E-state index contributed by atoms with van der Waals surface area (Å²) in [6.45, 7) is 0.869. The van der Waals surface area contributed by atoms with E-state index in [9.17, 15) is 21.6 Å². The van der Waals surface area contributed by atoms with Crippen molar-refractivity contribution in [1.29, 1.82) is 0 Å². The predicted molar refractivity (Wildman–Crippen MR) is 113 cm³/mol. The highest BCUT2D eigenvalue weighted by molar-refractivity contribution is 7.92. The van der Waals surface area contributed by atoms with Gasteiger partial charge in [-0.15, -0.1) is 0 Å². The first-order valence-electron chi connectivity index (χ1n) is 9.66. The normalized spacial score (nSPS) is 11.4. The molecule has 6 nitrogen and oxygen atoms in total. The molecule has 0 atom stereocenters. The summed E-state index contributed by atoms with van der Waals surface area (Å²) in [6, 6.07) is 8.13. The van der Waals surface area contributed by atoms with Crippen molar-refractivity contribution in [3.8, 4) is 11.5 Å². The molecule has 0 aliphatic heterocycles. The smallest absolute Gasteiger partial charge is 0.271 e. The summed E-state index contributed by atoms with van der Waals surface area (Å²) < 4.78 is 95.4. The molecule has 1 heterocycles. The quantitative estimate of drug-likeness (QED) is 0.345. The number of pyridine rings is 1. The first-order chi connectivity index (χ1) is 15.6. The van der Waals surface area contributed by atoms with Gasteiger partial charge in [0.15, 0.2) is 10.7 Å². The lowest BCUT2D eigenvalue weighted by molar-refractivity contribution is 0.391. The molecule has 2 aromatic carbocycles. The minimum Gasteiger partial charge on any atom is -0.497 e. The number of rotatable bonds is 8. The number of methoxy groups -OCH3 is 2. The zero-order valence-electron chi connectivity index (χ0n) is 17.9. The van der Waals surface area contributed by atoms with Gasteiger partial charge < -0.3 is 9.47 Å². The number of sulfonamides is 1. The van der Waals surface area contributed by atoms with E-state index in [1.807, 2.05) is 0 Å². The number of hydrogen-bond acceptors (Lipinski definition) is 5. The summed E-state index contributed by atoms with van der Waals surface area (Å²) >= 11 is 0. The Kier molecular flexibility index (Phi) is 7.11. The SMILES string of the molecule is CCc1c(F)cc(F)c(S(=O)(=O)N(Cc2ccc(OC)cc2OC)c2cccc(F)n2)c1F. The Morgan fingerprint density at radius 3 is 2.30 bits per heavy atom. The third kappa shape index (κ3) is 4.72. The van der Waals surface area contributed by atoms with Crippen LogP contribution in [0.1, 0.15) is 18.1 Å². The number of nitrogens with zero attached hydrogens (tertiary/aromatic N) is 2. The van der Waals surface area contributed by atoms with Crippen LogP contribution in [0.25, 0.3) is 0 Å². The molecule has 0 saturated heterocycles. The van der Waals surface area contributed by atoms with Crippen LogP contribution < -0.4 is 13.8 Å². The van der Waals surface area contributed by atoms with E-state index in [-0.39, 0.29) is 17.7 Å². The van der Waals surface area contributed by atoms with Crippen LogP contribution in [0.3, 0.4) is 0 Å². The highest BCUT2D eigenvalue weighted by atomic mass is 32.2. The largest absolute Gasteiger partial charge is 0.497 e. The van der Waals surface area contributed by atoms with Gasteiger partial charge in [0, 0.05) is 23.3 Å². The lowest BCUT2D eigenvalue weighted by Gasteiger charge is -2.25. The topological polar surface area (TPSA) is 68.7 Å². The van der Waals surface area contributed by atoms with Gasteiger partial charge >= 0.3 is 0 Å². The number of ether oxygens (including phenoxy) is 2. The van der Waals surface area contributed by atoms with Crippen molar-refractivity contribution in [1.82, 2.24) is 4.98 Å². The average Bonchev–Trinajstić information content (AvgIpc) is 2.77.